The number of aliphatic hydroxyl groups is 1. The minimum absolute atomic E-state index is 0. The van der Waals surface area contributed by atoms with Gasteiger partial charge in [0.2, 0.25) is 0 Å². The first-order chi connectivity index (χ1) is 33.5. The van der Waals surface area contributed by atoms with Gasteiger partial charge in [-0.1, -0.05) is 24.3 Å². The van der Waals surface area contributed by atoms with E-state index in [1.54, 1.807) is 19.1 Å². The van der Waals surface area contributed by atoms with E-state index in [1.165, 1.54) is 24.0 Å². The molecule has 402 valence electrons. The quantitative estimate of drug-likeness (QED) is 0.153. The van der Waals surface area contributed by atoms with E-state index in [0.717, 1.165) is 128 Å². The van der Waals surface area contributed by atoms with Crippen LogP contribution in [0.2, 0.25) is 0 Å². The molecule has 0 aromatic heterocycles. The molecule has 16 heteroatoms. The molecule has 5 aliphatic rings. The monoisotopic (exact) mass is 1020 g/mol. The number of ether oxygens (including phenoxy) is 6. The molecule has 0 bridgehead atoms. The Morgan fingerprint density at radius 3 is 1.35 bits per heavy atom. The molecular weight excluding hydrogens is 923 g/mol. The summed E-state index contributed by atoms with van der Waals surface area (Å²) in [6, 6.07) is 16.9. The molecule has 5 aliphatic heterocycles. The van der Waals surface area contributed by atoms with Crippen LogP contribution in [-0.4, -0.2) is 178 Å². The average Bonchev–Trinajstić information content (AvgIpc) is 3.96. The van der Waals surface area contributed by atoms with Gasteiger partial charge in [-0.05, 0) is 204 Å². The van der Waals surface area contributed by atoms with Crippen LogP contribution in [0.15, 0.2) is 48.5 Å². The molecule has 5 saturated heterocycles. The zero-order valence-corrected chi connectivity index (χ0v) is 45.5. The van der Waals surface area contributed by atoms with Crippen molar-refractivity contribution in [2.24, 2.45) is 23.7 Å². The average molecular weight is 1020 g/mol. The number of benzene rings is 2. The van der Waals surface area contributed by atoms with Crippen molar-refractivity contribution in [3.63, 3.8) is 0 Å². The Morgan fingerprint density at radius 1 is 0.625 bits per heavy atom. The van der Waals surface area contributed by atoms with E-state index in [-0.39, 0.29) is 80.2 Å². The second kappa shape index (κ2) is 31.8. The van der Waals surface area contributed by atoms with Gasteiger partial charge in [-0.25, -0.2) is 9.59 Å². The second-order valence-corrected chi connectivity index (χ2v) is 21.9. The fraction of sp³-hybridized carbons (Fsp3) is 0.732. The van der Waals surface area contributed by atoms with Crippen LogP contribution in [0.3, 0.4) is 0 Å². The van der Waals surface area contributed by atoms with E-state index in [1.807, 2.05) is 77.6 Å². The number of hydrogen-bond donors (Lipinski definition) is 1. The molecule has 0 spiro atoms. The fourth-order valence-corrected chi connectivity index (χ4v) is 10.5. The summed E-state index contributed by atoms with van der Waals surface area (Å²) < 4.78 is 32.0. The van der Waals surface area contributed by atoms with Gasteiger partial charge in [0.25, 0.3) is 0 Å². The first-order valence-corrected chi connectivity index (χ1v) is 26.5. The topological polar surface area (TPSA) is 140 Å². The van der Waals surface area contributed by atoms with E-state index in [9.17, 15) is 19.5 Å². The number of methoxy groups -OCH3 is 2. The van der Waals surface area contributed by atoms with Crippen LogP contribution in [-0.2, 0) is 23.7 Å². The summed E-state index contributed by atoms with van der Waals surface area (Å²) in [6.45, 7) is 24.3. The van der Waals surface area contributed by atoms with E-state index in [0.29, 0.717) is 37.5 Å². The molecule has 2 aromatic rings. The molecule has 2 aromatic carbocycles. The maximum absolute atomic E-state index is 12.9. The van der Waals surface area contributed by atoms with Crippen LogP contribution in [0.5, 0.6) is 11.5 Å². The molecule has 5 heterocycles. The molecule has 0 radical (unpaired) electrons. The molecule has 0 aliphatic carbocycles. The number of esters is 1. The maximum atomic E-state index is 12.9. The summed E-state index contributed by atoms with van der Waals surface area (Å²) in [6.07, 6.45) is 10.0. The summed E-state index contributed by atoms with van der Waals surface area (Å²) in [5.41, 5.74) is 1.80. The fourth-order valence-electron chi connectivity index (χ4n) is 10.5. The first kappa shape index (κ1) is 63.3. The number of amides is 2. The molecule has 2 atom stereocenters. The normalized spacial score (nSPS) is 19.7. The van der Waals surface area contributed by atoms with E-state index >= 15 is 0 Å². The van der Waals surface area contributed by atoms with Crippen LogP contribution in [0.4, 0.5) is 9.59 Å². The summed E-state index contributed by atoms with van der Waals surface area (Å²) in [5.74, 6) is 3.64. The third kappa shape index (κ3) is 21.3. The van der Waals surface area contributed by atoms with Gasteiger partial charge in [-0.15, -0.1) is 0 Å². The van der Waals surface area contributed by atoms with Gasteiger partial charge in [-0.3, -0.25) is 4.79 Å². The standard InChI is InChI=1S/C27H42N2O5.C25H40N2O4.C4H8O.Al.Li.4H/c1-6-33-25(30)24(22-13-17-29(18-14-22)26(31)34-27(2,3)4)19-28-15-11-21(12-16-28)20-7-9-23(32-5)10-8-20;1-25(2,3)31-24(29)27-15-11-21(12-16-27)22(18-28)17-26-13-9-20(10-14-26)19-5-7-23(30-4)8-6-19;1-2-4-5-3-1;;;;;;/h7-10,21-22,24H,6,11-19H2,1-5H3;5-8,20-22,28H,9-18H2,1-4H3;1-4H2;;;;;;/q;;;;+1;;;;-1. The molecule has 72 heavy (non-hydrogen) atoms. The van der Waals surface area contributed by atoms with Crippen molar-refractivity contribution in [2.75, 3.05) is 106 Å². The Hall–Kier alpha value is -2.98. The van der Waals surface area contributed by atoms with Crippen molar-refractivity contribution in [3.8, 4) is 11.5 Å². The Kier molecular flexibility index (Phi) is 28.0. The van der Waals surface area contributed by atoms with E-state index in [4.69, 9.17) is 28.4 Å². The SMILES string of the molecule is C1CCOC1.CCOC(=O)C(CN1CCC(c2ccc(OC)cc2)CC1)C1CCN(C(=O)OC(C)(C)C)CC1.COc1ccc(C2CCN(CC(CO)C3CCN(C(=O)OC(C)(C)C)CC3)CC2)cc1.[AlH3].[H-].[Li+]. The zero-order chi connectivity index (χ0) is 50.7. The Labute approximate surface area is 457 Å². The summed E-state index contributed by atoms with van der Waals surface area (Å²) >= 11 is 0. The predicted molar refractivity (Wildman–Crippen MR) is 286 cm³/mol. The molecule has 0 saturated carbocycles. The van der Waals surface area contributed by atoms with Crippen LogP contribution in [0.25, 0.3) is 0 Å². The minimum Gasteiger partial charge on any atom is -1.00 e. The van der Waals surface area contributed by atoms with E-state index < -0.39 is 11.2 Å². The third-order valence-electron chi connectivity index (χ3n) is 14.6. The molecular formula is C56H94AlLiN4O10. The van der Waals surface area contributed by atoms with Crippen molar-refractivity contribution in [1.82, 2.24) is 19.6 Å². The largest absolute Gasteiger partial charge is 1.00 e. The Balaban J connectivity index is 0.000000440. The smallest absolute Gasteiger partial charge is 1.00 e. The molecule has 2 unspecified atom stereocenters. The van der Waals surface area contributed by atoms with Crippen LogP contribution in [0, 0.1) is 23.7 Å². The molecule has 1 N–H and O–H groups in total. The van der Waals surface area contributed by atoms with Crippen LogP contribution >= 0.6 is 0 Å². The van der Waals surface area contributed by atoms with Crippen molar-refractivity contribution in [3.05, 3.63) is 59.7 Å². The van der Waals surface area contributed by atoms with Gasteiger partial charge in [-0.2, -0.15) is 0 Å². The number of aliphatic hydroxyl groups excluding tert-OH is 1. The van der Waals surface area contributed by atoms with Crippen molar-refractivity contribution in [2.45, 2.75) is 136 Å². The number of hydrogen-bond acceptors (Lipinski definition) is 12. The molecule has 14 nitrogen and oxygen atoms in total. The van der Waals surface area contributed by atoms with Gasteiger partial charge < -0.3 is 54.6 Å². The Morgan fingerprint density at radius 2 is 1.01 bits per heavy atom. The van der Waals surface area contributed by atoms with Crippen LogP contribution in [0.1, 0.15) is 137 Å². The summed E-state index contributed by atoms with van der Waals surface area (Å²) in [4.78, 5) is 46.1. The van der Waals surface area contributed by atoms with Crippen molar-refractivity contribution in [1.29, 1.82) is 0 Å². The third-order valence-corrected chi connectivity index (χ3v) is 14.6. The number of rotatable bonds is 13. The number of likely N-dealkylation sites (tertiary alicyclic amines) is 4. The molecule has 5 fully saturated rings. The Bertz CT molecular complexity index is 1830. The molecule has 7 rings (SSSR count). The summed E-state index contributed by atoms with van der Waals surface area (Å²) in [7, 11) is 3.39. The number of carbonyl (C=O) groups is 3. The predicted octanol–water partition coefficient (Wildman–Crippen LogP) is 5.56. The maximum Gasteiger partial charge on any atom is 1.00 e. The van der Waals surface area contributed by atoms with Crippen LogP contribution < -0.4 is 28.3 Å². The van der Waals surface area contributed by atoms with Crippen molar-refractivity contribution >= 4 is 35.5 Å². The zero-order valence-electron chi connectivity index (χ0n) is 46.5. The van der Waals surface area contributed by atoms with Gasteiger partial charge in [0.05, 0.1) is 26.7 Å². The van der Waals surface area contributed by atoms with Gasteiger partial charge in [0, 0.05) is 59.1 Å². The van der Waals surface area contributed by atoms with Gasteiger partial charge >= 0.3 is 37.0 Å². The van der Waals surface area contributed by atoms with Crippen molar-refractivity contribution < 1.29 is 68.2 Å². The number of piperidine rings is 4. The summed E-state index contributed by atoms with van der Waals surface area (Å²) in [5, 5.41) is 10.1. The van der Waals surface area contributed by atoms with Gasteiger partial charge in [0.15, 0.2) is 17.4 Å². The van der Waals surface area contributed by atoms with E-state index in [2.05, 4.69) is 34.1 Å². The van der Waals surface area contributed by atoms with Gasteiger partial charge in [0.1, 0.15) is 22.7 Å². The number of carbonyl (C=O) groups excluding carboxylic acids is 3. The minimum atomic E-state index is -0.501. The molecule has 2 amide bonds. The second-order valence-electron chi connectivity index (χ2n) is 21.9. The first-order valence-electron chi connectivity index (χ1n) is 26.5. The number of nitrogens with zero attached hydrogens (tertiary/aromatic N) is 4.